The van der Waals surface area contributed by atoms with Crippen molar-refractivity contribution in [2.45, 2.75) is 175 Å². The Morgan fingerprint density at radius 3 is 2.14 bits per heavy atom. The topological polar surface area (TPSA) is 44.8 Å². The predicted molar refractivity (Wildman–Crippen MR) is 194 cm³/mol. The van der Waals surface area contributed by atoms with Gasteiger partial charge in [-0.1, -0.05) is 93.5 Å². The molecule has 2 aliphatic carbocycles. The average molecular weight is 647 g/mol. The van der Waals surface area contributed by atoms with E-state index >= 15 is 0 Å². The molecule has 0 aliphatic heterocycles. The van der Waals surface area contributed by atoms with Crippen LogP contribution in [0.5, 0.6) is 0 Å². The van der Waals surface area contributed by atoms with Gasteiger partial charge < -0.3 is 13.6 Å². The lowest BCUT2D eigenvalue weighted by molar-refractivity contribution is -0.143. The lowest BCUT2D eigenvalue weighted by Gasteiger charge is -2.45. The lowest BCUT2D eigenvalue weighted by Crippen LogP contribution is -2.49. The van der Waals surface area contributed by atoms with Crippen LogP contribution in [-0.2, 0) is 18.4 Å². The number of ether oxygens (including phenoxy) is 1. The molecule has 0 saturated heterocycles. The molecular formula is C38H70O4Si2. The van der Waals surface area contributed by atoms with Gasteiger partial charge in [-0.2, -0.15) is 0 Å². The third-order valence-electron chi connectivity index (χ3n) is 12.3. The fourth-order valence-corrected chi connectivity index (χ4v) is 9.17. The van der Waals surface area contributed by atoms with Gasteiger partial charge in [0.25, 0.3) is 0 Å². The van der Waals surface area contributed by atoms with E-state index in [9.17, 15) is 4.79 Å². The van der Waals surface area contributed by atoms with Crippen LogP contribution in [-0.4, -0.2) is 41.4 Å². The van der Waals surface area contributed by atoms with Crippen molar-refractivity contribution in [2.24, 2.45) is 16.7 Å². The zero-order valence-corrected chi connectivity index (χ0v) is 33.4. The van der Waals surface area contributed by atoms with E-state index in [4.69, 9.17) is 13.6 Å². The maximum absolute atomic E-state index is 11.7. The molecule has 4 nitrogen and oxygen atoms in total. The highest BCUT2D eigenvalue weighted by Gasteiger charge is 2.50. The third-order valence-corrected chi connectivity index (χ3v) is 21.4. The molecule has 1 unspecified atom stereocenters. The average Bonchev–Trinajstić information content (AvgIpc) is 3.08. The first-order valence-corrected chi connectivity index (χ1v) is 23.4. The first kappa shape index (κ1) is 39.2. The number of esters is 1. The second kappa shape index (κ2) is 14.9. The predicted octanol–water partition coefficient (Wildman–Crippen LogP) is 11.6. The third kappa shape index (κ3) is 9.78. The van der Waals surface area contributed by atoms with Crippen LogP contribution in [0.15, 0.2) is 36.0 Å². The Bertz CT molecular complexity index is 1040. The van der Waals surface area contributed by atoms with E-state index < -0.39 is 16.6 Å². The zero-order chi connectivity index (χ0) is 33.8. The minimum absolute atomic E-state index is 0.00919. The number of unbranched alkanes of at least 4 members (excludes halogenated alkanes) is 1. The summed E-state index contributed by atoms with van der Waals surface area (Å²) in [5.74, 6) is 0.639. The van der Waals surface area contributed by atoms with Crippen LogP contribution in [0.1, 0.15) is 127 Å². The summed E-state index contributed by atoms with van der Waals surface area (Å²) in [5.41, 5.74) is 2.95. The van der Waals surface area contributed by atoms with Crippen LogP contribution in [0, 0.1) is 16.7 Å². The van der Waals surface area contributed by atoms with Crippen molar-refractivity contribution in [3.63, 3.8) is 0 Å². The molecule has 0 aromatic rings. The van der Waals surface area contributed by atoms with E-state index in [2.05, 4.69) is 113 Å². The summed E-state index contributed by atoms with van der Waals surface area (Å²) in [7, 11) is -3.89. The van der Waals surface area contributed by atoms with Crippen molar-refractivity contribution in [3.05, 3.63) is 36.0 Å². The zero-order valence-electron chi connectivity index (χ0n) is 31.4. The van der Waals surface area contributed by atoms with Crippen LogP contribution < -0.4 is 0 Å². The maximum atomic E-state index is 11.7. The van der Waals surface area contributed by atoms with Crippen molar-refractivity contribution in [2.75, 3.05) is 6.61 Å². The van der Waals surface area contributed by atoms with Gasteiger partial charge in [0, 0.05) is 12.8 Å². The van der Waals surface area contributed by atoms with Crippen LogP contribution in [0.2, 0.25) is 36.3 Å². The summed E-state index contributed by atoms with van der Waals surface area (Å²) in [6, 6.07) is 0. The molecule has 0 heterocycles. The number of hydrogen-bond donors (Lipinski definition) is 0. The summed E-state index contributed by atoms with van der Waals surface area (Å²) in [5, 5.41) is 0.315. The highest BCUT2D eigenvalue weighted by atomic mass is 28.4. The van der Waals surface area contributed by atoms with Crippen LogP contribution in [0.25, 0.3) is 0 Å². The molecule has 6 heteroatoms. The Labute approximate surface area is 275 Å². The van der Waals surface area contributed by atoms with Crippen LogP contribution in [0.4, 0.5) is 0 Å². The van der Waals surface area contributed by atoms with E-state index in [0.717, 1.165) is 37.7 Å². The van der Waals surface area contributed by atoms with E-state index in [1.165, 1.54) is 24.8 Å². The largest absolute Gasteiger partial charge is 0.466 e. The molecule has 0 amide bonds. The van der Waals surface area contributed by atoms with Crippen molar-refractivity contribution >= 4 is 22.6 Å². The molecule has 2 fully saturated rings. The SMILES string of the molecule is C=C1/C(=C\C=C\CC2(C)CC[C@H](CCCCC(=O)OCC)C2(C)C)C[C@@H](O[Si](C)(C)C(C)(C)C)C[C@@H]1O[Si](C)(C)C(C)(C)C. The summed E-state index contributed by atoms with van der Waals surface area (Å²) < 4.78 is 19.1. The highest BCUT2D eigenvalue weighted by Crippen LogP contribution is 2.59. The molecule has 4 atom stereocenters. The number of carbonyl (C=O) groups excluding carboxylic acids is 1. The molecule has 2 saturated carbocycles. The molecule has 44 heavy (non-hydrogen) atoms. The first-order valence-electron chi connectivity index (χ1n) is 17.5. The quantitative estimate of drug-likeness (QED) is 0.113. The molecule has 0 aromatic heterocycles. The molecule has 2 rings (SSSR count). The molecule has 0 bridgehead atoms. The second-order valence-electron chi connectivity index (χ2n) is 17.7. The van der Waals surface area contributed by atoms with E-state index in [0.29, 0.717) is 18.9 Å². The molecule has 0 radical (unpaired) electrons. The molecule has 0 spiro atoms. The Kier molecular flexibility index (Phi) is 13.2. The highest BCUT2D eigenvalue weighted by molar-refractivity contribution is 6.74. The van der Waals surface area contributed by atoms with Crippen molar-refractivity contribution < 1.29 is 18.4 Å². The van der Waals surface area contributed by atoms with Crippen LogP contribution >= 0.6 is 0 Å². The standard InChI is InChI=1S/C38H70O4Si2/c1-16-40-34(39)23-18-17-22-31-24-26-38(11,37(31,9)10)25-20-19-21-30-27-32(41-43(12,13)35(3,4)5)28-33(29(30)2)42-44(14,15)36(6,7)8/h19-21,31-33H,2,16-18,22-28H2,1,3-15H3/b20-19+,30-21-/t31-,32+,33-,38?/m0/s1. The van der Waals surface area contributed by atoms with E-state index in [1.807, 2.05) is 6.92 Å². The first-order chi connectivity index (χ1) is 20.0. The normalized spacial score (nSPS) is 27.8. The number of carbonyl (C=O) groups is 1. The number of allylic oxidation sites excluding steroid dienone is 3. The van der Waals surface area contributed by atoms with Crippen molar-refractivity contribution in [1.82, 2.24) is 0 Å². The van der Waals surface area contributed by atoms with Crippen molar-refractivity contribution in [3.8, 4) is 0 Å². The fraction of sp³-hybridized carbons (Fsp3) is 0.816. The van der Waals surface area contributed by atoms with Gasteiger partial charge in [-0.3, -0.25) is 4.79 Å². The summed E-state index contributed by atoms with van der Waals surface area (Å²) in [6.45, 7) is 37.7. The summed E-state index contributed by atoms with van der Waals surface area (Å²) in [4.78, 5) is 11.7. The van der Waals surface area contributed by atoms with Gasteiger partial charge in [-0.25, -0.2) is 0 Å². The van der Waals surface area contributed by atoms with Crippen molar-refractivity contribution in [1.29, 1.82) is 0 Å². The number of rotatable bonds is 13. The van der Waals surface area contributed by atoms with Gasteiger partial charge in [-0.15, -0.1) is 0 Å². The Morgan fingerprint density at radius 2 is 1.57 bits per heavy atom. The van der Waals surface area contributed by atoms with E-state index in [1.54, 1.807) is 0 Å². The number of hydrogen-bond acceptors (Lipinski definition) is 4. The maximum Gasteiger partial charge on any atom is 0.305 e. The van der Waals surface area contributed by atoms with Crippen LogP contribution in [0.3, 0.4) is 0 Å². The Hall–Kier alpha value is -0.956. The minimum atomic E-state index is -1.97. The molecule has 0 N–H and O–H groups in total. The lowest BCUT2D eigenvalue weighted by atomic mass is 9.63. The van der Waals surface area contributed by atoms with Gasteiger partial charge in [0.2, 0.25) is 0 Å². The molecule has 254 valence electrons. The monoisotopic (exact) mass is 646 g/mol. The molecular weight excluding hydrogens is 577 g/mol. The van der Waals surface area contributed by atoms with Gasteiger partial charge in [0.1, 0.15) is 0 Å². The van der Waals surface area contributed by atoms with Gasteiger partial charge >= 0.3 is 5.97 Å². The Balaban J connectivity index is 2.16. The van der Waals surface area contributed by atoms with Gasteiger partial charge in [0.05, 0.1) is 18.8 Å². The van der Waals surface area contributed by atoms with Gasteiger partial charge in [0.15, 0.2) is 16.6 Å². The minimum Gasteiger partial charge on any atom is -0.466 e. The Morgan fingerprint density at radius 1 is 0.977 bits per heavy atom. The smallest absolute Gasteiger partial charge is 0.305 e. The molecule has 2 aliphatic rings. The summed E-state index contributed by atoms with van der Waals surface area (Å²) in [6.07, 6.45) is 16.3. The van der Waals surface area contributed by atoms with Gasteiger partial charge in [-0.05, 0) is 110 Å². The fourth-order valence-electron chi connectivity index (χ4n) is 6.50. The second-order valence-corrected chi connectivity index (χ2v) is 27.2. The molecule has 0 aromatic carbocycles. The summed E-state index contributed by atoms with van der Waals surface area (Å²) >= 11 is 0. The van der Waals surface area contributed by atoms with E-state index in [-0.39, 0.29) is 39.1 Å².